The number of hydrogen-bond donors (Lipinski definition) is 0. The third-order valence-electron chi connectivity index (χ3n) is 5.08. The highest BCUT2D eigenvalue weighted by atomic mass is 16.4. The number of benzene rings is 3. The van der Waals surface area contributed by atoms with Crippen molar-refractivity contribution >= 4 is 10.9 Å². The number of para-hydroxylation sites is 1. The van der Waals surface area contributed by atoms with E-state index in [2.05, 4.69) is 66.3 Å². The van der Waals surface area contributed by atoms with Crippen molar-refractivity contribution in [3.63, 3.8) is 0 Å². The Morgan fingerprint density at radius 1 is 0.786 bits per heavy atom. The van der Waals surface area contributed by atoms with Crippen LogP contribution in [-0.4, -0.2) is 9.55 Å². The third kappa shape index (κ3) is 2.91. The molecule has 2 aromatic heterocycles. The van der Waals surface area contributed by atoms with Gasteiger partial charge in [0.15, 0.2) is 11.7 Å². The number of oxazole rings is 1. The molecule has 0 bridgehead atoms. The minimum atomic E-state index is 0.661. The number of hydrogen-bond acceptors (Lipinski definition) is 2. The van der Waals surface area contributed by atoms with Crippen molar-refractivity contribution < 1.29 is 4.42 Å². The smallest absolute Gasteiger partial charge is 0.200 e. The molecule has 0 atom stereocenters. The van der Waals surface area contributed by atoms with Gasteiger partial charge in [0.05, 0.1) is 6.42 Å². The molecule has 0 fully saturated rings. The van der Waals surface area contributed by atoms with Crippen LogP contribution in [-0.2, 0) is 13.5 Å². The summed E-state index contributed by atoms with van der Waals surface area (Å²) in [7, 11) is 2.08. The number of nitrogens with zero attached hydrogens (tertiary/aromatic N) is 2. The van der Waals surface area contributed by atoms with E-state index >= 15 is 0 Å². The fraction of sp³-hybridized carbons (Fsp3) is 0.0800. The Bertz CT molecular complexity index is 1180. The molecule has 3 aromatic carbocycles. The van der Waals surface area contributed by atoms with Crippen molar-refractivity contribution in [3.8, 4) is 22.6 Å². The topological polar surface area (TPSA) is 31.0 Å². The summed E-state index contributed by atoms with van der Waals surface area (Å²) in [5.41, 5.74) is 5.43. The Morgan fingerprint density at radius 2 is 1.43 bits per heavy atom. The van der Waals surface area contributed by atoms with E-state index in [1.54, 1.807) is 0 Å². The van der Waals surface area contributed by atoms with E-state index in [0.717, 1.165) is 28.5 Å². The van der Waals surface area contributed by atoms with Crippen molar-refractivity contribution in [3.05, 3.63) is 103 Å². The van der Waals surface area contributed by atoms with Gasteiger partial charge < -0.3 is 8.98 Å². The summed E-state index contributed by atoms with van der Waals surface area (Å²) in [5, 5.41) is 1.24. The normalized spacial score (nSPS) is 11.2. The van der Waals surface area contributed by atoms with E-state index in [4.69, 9.17) is 9.40 Å². The van der Waals surface area contributed by atoms with Gasteiger partial charge in [-0.05, 0) is 11.6 Å². The van der Waals surface area contributed by atoms with E-state index in [0.29, 0.717) is 6.42 Å². The molecule has 0 aliphatic carbocycles. The summed E-state index contributed by atoms with van der Waals surface area (Å²) >= 11 is 0. The van der Waals surface area contributed by atoms with Crippen molar-refractivity contribution in [2.45, 2.75) is 6.42 Å². The Kier molecular flexibility index (Phi) is 4.06. The lowest BCUT2D eigenvalue weighted by molar-refractivity contribution is 0.519. The number of aryl methyl sites for hydroxylation is 1. The van der Waals surface area contributed by atoms with Crippen LogP contribution in [0.5, 0.6) is 0 Å². The van der Waals surface area contributed by atoms with Gasteiger partial charge in [0.2, 0.25) is 0 Å². The molecule has 0 spiro atoms. The predicted molar refractivity (Wildman–Crippen MR) is 113 cm³/mol. The van der Waals surface area contributed by atoms with Gasteiger partial charge in [0.25, 0.3) is 0 Å². The van der Waals surface area contributed by atoms with Crippen LogP contribution in [0.1, 0.15) is 11.5 Å². The van der Waals surface area contributed by atoms with Crippen LogP contribution >= 0.6 is 0 Å². The lowest BCUT2D eigenvalue weighted by atomic mass is 10.1. The van der Waals surface area contributed by atoms with Crippen LogP contribution in [0.3, 0.4) is 0 Å². The zero-order chi connectivity index (χ0) is 18.9. The quantitative estimate of drug-likeness (QED) is 0.386. The molecular formula is C25H20N2O. The van der Waals surface area contributed by atoms with Gasteiger partial charge in [0.1, 0.15) is 5.69 Å². The minimum Gasteiger partial charge on any atom is -0.440 e. The van der Waals surface area contributed by atoms with Gasteiger partial charge in [-0.3, -0.25) is 0 Å². The third-order valence-corrected chi connectivity index (χ3v) is 5.08. The molecule has 0 radical (unpaired) electrons. The lowest BCUT2D eigenvalue weighted by Crippen LogP contribution is -1.88. The Labute approximate surface area is 163 Å². The Morgan fingerprint density at radius 3 is 2.18 bits per heavy atom. The van der Waals surface area contributed by atoms with E-state index in [-0.39, 0.29) is 0 Å². The molecular weight excluding hydrogens is 344 g/mol. The van der Waals surface area contributed by atoms with Crippen LogP contribution in [0.4, 0.5) is 0 Å². The number of fused-ring (bicyclic) bond motifs is 1. The first-order valence-corrected chi connectivity index (χ1v) is 9.43. The second kappa shape index (κ2) is 6.86. The zero-order valence-electron chi connectivity index (χ0n) is 15.7. The molecule has 0 unspecified atom stereocenters. The van der Waals surface area contributed by atoms with E-state index in [1.165, 1.54) is 16.5 Å². The molecule has 0 amide bonds. The summed E-state index contributed by atoms with van der Waals surface area (Å²) in [6, 6.07) is 28.9. The molecule has 0 aliphatic rings. The summed E-state index contributed by atoms with van der Waals surface area (Å²) in [5.74, 6) is 1.55. The maximum absolute atomic E-state index is 6.30. The number of rotatable bonds is 4. The largest absolute Gasteiger partial charge is 0.440 e. The zero-order valence-corrected chi connectivity index (χ0v) is 15.7. The Balaban J connectivity index is 1.62. The average Bonchev–Trinajstić information content (AvgIpc) is 3.31. The van der Waals surface area contributed by atoms with Gasteiger partial charge in [-0.25, -0.2) is 4.98 Å². The summed E-state index contributed by atoms with van der Waals surface area (Å²) in [4.78, 5) is 4.89. The van der Waals surface area contributed by atoms with Gasteiger partial charge in [-0.2, -0.15) is 0 Å². The molecule has 28 heavy (non-hydrogen) atoms. The maximum atomic E-state index is 6.30. The molecule has 5 rings (SSSR count). The average molecular weight is 364 g/mol. The molecule has 0 N–H and O–H groups in total. The van der Waals surface area contributed by atoms with Gasteiger partial charge in [-0.15, -0.1) is 0 Å². The fourth-order valence-electron chi connectivity index (χ4n) is 3.75. The molecule has 0 saturated heterocycles. The van der Waals surface area contributed by atoms with E-state index < -0.39 is 0 Å². The predicted octanol–water partition coefficient (Wildman–Crippen LogP) is 6.09. The minimum absolute atomic E-state index is 0.661. The Hall–Kier alpha value is -3.59. The highest BCUT2D eigenvalue weighted by Crippen LogP contribution is 2.34. The summed E-state index contributed by atoms with van der Waals surface area (Å²) in [6.45, 7) is 0. The monoisotopic (exact) mass is 364 g/mol. The molecule has 3 heteroatoms. The second-order valence-corrected chi connectivity index (χ2v) is 6.98. The van der Waals surface area contributed by atoms with E-state index in [9.17, 15) is 0 Å². The molecule has 2 heterocycles. The molecule has 5 aromatic rings. The van der Waals surface area contributed by atoms with Gasteiger partial charge >= 0.3 is 0 Å². The van der Waals surface area contributed by atoms with Crippen molar-refractivity contribution in [1.29, 1.82) is 0 Å². The fourth-order valence-corrected chi connectivity index (χ4v) is 3.75. The van der Waals surface area contributed by atoms with E-state index in [1.807, 2.05) is 36.4 Å². The first-order chi connectivity index (χ1) is 13.8. The van der Waals surface area contributed by atoms with Crippen molar-refractivity contribution in [1.82, 2.24) is 9.55 Å². The van der Waals surface area contributed by atoms with Gasteiger partial charge in [0, 0.05) is 35.3 Å². The molecule has 0 saturated carbocycles. The van der Waals surface area contributed by atoms with Crippen molar-refractivity contribution in [2.24, 2.45) is 7.05 Å². The first-order valence-electron chi connectivity index (χ1n) is 9.43. The van der Waals surface area contributed by atoms with Crippen molar-refractivity contribution in [2.75, 3.05) is 0 Å². The van der Waals surface area contributed by atoms with Crippen LogP contribution < -0.4 is 0 Å². The first kappa shape index (κ1) is 16.6. The standard InChI is InChI=1S/C25H20N2O/c1-27-17-20(21-14-8-9-15-22(21)27)16-23-26-24(18-10-4-2-5-11-18)25(28-23)19-12-6-3-7-13-19/h2-15,17H,16H2,1H3. The molecule has 0 aliphatic heterocycles. The van der Waals surface area contributed by atoms with Crippen LogP contribution in [0.25, 0.3) is 33.5 Å². The second-order valence-electron chi connectivity index (χ2n) is 6.98. The summed E-state index contributed by atoms with van der Waals surface area (Å²) in [6.07, 6.45) is 2.83. The van der Waals surface area contributed by atoms with Crippen LogP contribution in [0, 0.1) is 0 Å². The maximum Gasteiger partial charge on any atom is 0.200 e. The van der Waals surface area contributed by atoms with Gasteiger partial charge in [-0.1, -0.05) is 78.9 Å². The lowest BCUT2D eigenvalue weighted by Gasteiger charge is -2.00. The van der Waals surface area contributed by atoms with Crippen LogP contribution in [0.2, 0.25) is 0 Å². The highest BCUT2D eigenvalue weighted by Gasteiger charge is 2.18. The molecule has 3 nitrogen and oxygen atoms in total. The van der Waals surface area contributed by atoms with Crippen LogP contribution in [0.15, 0.2) is 95.5 Å². The summed E-state index contributed by atoms with van der Waals surface area (Å²) < 4.78 is 8.45. The highest BCUT2D eigenvalue weighted by molar-refractivity contribution is 5.84. The number of aromatic nitrogens is 2. The molecule has 136 valence electrons. The SMILES string of the molecule is Cn1cc(Cc2nc(-c3ccccc3)c(-c3ccccc3)o2)c2ccccc21.